The van der Waals surface area contributed by atoms with E-state index in [1.807, 2.05) is 6.20 Å². The van der Waals surface area contributed by atoms with E-state index in [2.05, 4.69) is 33.2 Å². The zero-order chi connectivity index (χ0) is 14.5. The maximum Gasteiger partial charge on any atom is 0.0932 e. The van der Waals surface area contributed by atoms with E-state index in [9.17, 15) is 0 Å². The Morgan fingerprint density at radius 3 is 2.30 bits per heavy atom. The first-order valence-corrected chi connectivity index (χ1v) is 8.17. The summed E-state index contributed by atoms with van der Waals surface area (Å²) in [5.74, 6) is 0. The van der Waals surface area contributed by atoms with E-state index in [1.54, 1.807) is 4.68 Å². The molecule has 0 unspecified atom stereocenters. The summed E-state index contributed by atoms with van der Waals surface area (Å²) in [6.45, 7) is 6.78. The van der Waals surface area contributed by atoms with Gasteiger partial charge in [0.15, 0.2) is 0 Å². The second-order valence-electron chi connectivity index (χ2n) is 4.30. The zero-order valence-electron chi connectivity index (χ0n) is 12.1. The van der Waals surface area contributed by atoms with E-state index in [1.165, 1.54) is 0 Å². The van der Waals surface area contributed by atoms with Crippen molar-refractivity contribution in [3.8, 4) is 0 Å². The Hall–Kier alpha value is -0.500. The van der Waals surface area contributed by atoms with Gasteiger partial charge in [-0.15, -0.1) is 5.10 Å². The molecule has 0 amide bonds. The molecule has 0 aromatic carbocycles. The molecule has 1 heterocycles. The summed E-state index contributed by atoms with van der Waals surface area (Å²) in [7, 11) is 0. The molecular formula is C13H24BrN3O3. The van der Waals surface area contributed by atoms with Gasteiger partial charge in [0.1, 0.15) is 0 Å². The van der Waals surface area contributed by atoms with Crippen LogP contribution in [-0.4, -0.2) is 54.6 Å². The molecule has 1 rings (SSSR count). The fraction of sp³-hybridized carbons (Fsp3) is 0.846. The van der Waals surface area contributed by atoms with Crippen molar-refractivity contribution in [1.29, 1.82) is 0 Å². The number of hydrogen-bond donors (Lipinski definition) is 0. The molecule has 0 fully saturated rings. The van der Waals surface area contributed by atoms with Crippen LogP contribution in [0, 0.1) is 0 Å². The van der Waals surface area contributed by atoms with Gasteiger partial charge in [0.05, 0.1) is 45.3 Å². The van der Waals surface area contributed by atoms with Gasteiger partial charge < -0.3 is 14.2 Å². The monoisotopic (exact) mass is 349 g/mol. The summed E-state index contributed by atoms with van der Waals surface area (Å²) in [6.07, 6.45) is 4.18. The molecule has 0 bridgehead atoms. The lowest BCUT2D eigenvalue weighted by molar-refractivity contribution is 0.0123. The van der Waals surface area contributed by atoms with Crippen LogP contribution in [0.1, 0.15) is 25.5 Å². The lowest BCUT2D eigenvalue weighted by Crippen LogP contribution is -2.12. The summed E-state index contributed by atoms with van der Waals surface area (Å²) in [6, 6.07) is 0. The van der Waals surface area contributed by atoms with Crippen molar-refractivity contribution in [2.75, 3.05) is 39.6 Å². The molecule has 0 saturated heterocycles. The zero-order valence-corrected chi connectivity index (χ0v) is 13.7. The smallest absolute Gasteiger partial charge is 0.0932 e. The highest BCUT2D eigenvalue weighted by atomic mass is 79.9. The van der Waals surface area contributed by atoms with Gasteiger partial charge in [-0.2, -0.15) is 0 Å². The van der Waals surface area contributed by atoms with Crippen LogP contribution in [0.3, 0.4) is 0 Å². The van der Waals surface area contributed by atoms with Crippen molar-refractivity contribution in [2.24, 2.45) is 0 Å². The molecule has 6 nitrogen and oxygen atoms in total. The predicted octanol–water partition coefficient (Wildman–Crippen LogP) is 2.02. The lowest BCUT2D eigenvalue weighted by atomic mass is 10.4. The number of ether oxygens (including phenoxy) is 3. The molecule has 20 heavy (non-hydrogen) atoms. The van der Waals surface area contributed by atoms with Crippen molar-refractivity contribution in [3.05, 3.63) is 11.9 Å². The van der Waals surface area contributed by atoms with Crippen molar-refractivity contribution >= 4 is 15.9 Å². The van der Waals surface area contributed by atoms with Crippen LogP contribution in [0.4, 0.5) is 0 Å². The second-order valence-corrected chi connectivity index (χ2v) is 4.86. The van der Waals surface area contributed by atoms with E-state index < -0.39 is 0 Å². The van der Waals surface area contributed by atoms with Gasteiger partial charge >= 0.3 is 0 Å². The molecule has 116 valence electrons. The van der Waals surface area contributed by atoms with E-state index in [-0.39, 0.29) is 0 Å². The van der Waals surface area contributed by atoms with Gasteiger partial charge in [0.25, 0.3) is 0 Å². The lowest BCUT2D eigenvalue weighted by Gasteiger charge is -2.06. The van der Waals surface area contributed by atoms with Gasteiger partial charge in [-0.05, 0) is 6.42 Å². The first-order valence-electron chi connectivity index (χ1n) is 7.05. The summed E-state index contributed by atoms with van der Waals surface area (Å²) in [4.78, 5) is 0. The first kappa shape index (κ1) is 17.6. The van der Waals surface area contributed by atoms with Crippen LogP contribution in [0.15, 0.2) is 6.20 Å². The number of unbranched alkanes of at least 4 members (excludes halogenated alkanes) is 1. The normalized spacial score (nSPS) is 11.1. The molecule has 0 aliphatic rings. The van der Waals surface area contributed by atoms with Crippen molar-refractivity contribution in [2.45, 2.75) is 31.6 Å². The highest BCUT2D eigenvalue weighted by molar-refractivity contribution is 9.08. The Kier molecular flexibility index (Phi) is 10.8. The SMILES string of the molecule is CCCCOCCOCCOCCn1cc(CBr)nn1. The summed E-state index contributed by atoms with van der Waals surface area (Å²) in [5, 5.41) is 8.68. The van der Waals surface area contributed by atoms with Crippen LogP contribution in [0.25, 0.3) is 0 Å². The second kappa shape index (κ2) is 12.3. The van der Waals surface area contributed by atoms with Crippen molar-refractivity contribution in [3.63, 3.8) is 0 Å². The molecular weight excluding hydrogens is 326 g/mol. The van der Waals surface area contributed by atoms with Crippen LogP contribution in [0.2, 0.25) is 0 Å². The molecule has 0 atom stereocenters. The molecule has 7 heteroatoms. The third kappa shape index (κ3) is 8.63. The molecule has 0 aliphatic heterocycles. The highest BCUT2D eigenvalue weighted by Crippen LogP contribution is 1.99. The Morgan fingerprint density at radius 1 is 1.05 bits per heavy atom. The van der Waals surface area contributed by atoms with Crippen molar-refractivity contribution < 1.29 is 14.2 Å². The number of alkyl halides is 1. The average molecular weight is 350 g/mol. The standard InChI is InChI=1S/C13H24BrN3O3/c1-2-3-5-18-7-9-20-10-8-19-6-4-17-12-13(11-14)15-16-17/h12H,2-11H2,1H3. The fourth-order valence-electron chi connectivity index (χ4n) is 1.46. The van der Waals surface area contributed by atoms with Gasteiger partial charge in [-0.1, -0.05) is 34.5 Å². The molecule has 0 saturated carbocycles. The molecule has 0 radical (unpaired) electrons. The van der Waals surface area contributed by atoms with E-state index >= 15 is 0 Å². The van der Waals surface area contributed by atoms with Gasteiger partial charge in [-0.25, -0.2) is 4.68 Å². The van der Waals surface area contributed by atoms with Gasteiger partial charge in [0, 0.05) is 18.1 Å². The quantitative estimate of drug-likeness (QED) is 0.402. The average Bonchev–Trinajstić information content (AvgIpc) is 2.93. The minimum atomic E-state index is 0.592. The highest BCUT2D eigenvalue weighted by Gasteiger charge is 1.98. The minimum Gasteiger partial charge on any atom is -0.379 e. The number of halogens is 1. The number of aromatic nitrogens is 3. The van der Waals surface area contributed by atoms with Crippen molar-refractivity contribution in [1.82, 2.24) is 15.0 Å². The first-order chi connectivity index (χ1) is 9.86. The van der Waals surface area contributed by atoms with Gasteiger partial charge in [-0.3, -0.25) is 0 Å². The van der Waals surface area contributed by atoms with Crippen LogP contribution < -0.4 is 0 Å². The van der Waals surface area contributed by atoms with Crippen LogP contribution >= 0.6 is 15.9 Å². The predicted molar refractivity (Wildman–Crippen MR) is 80.0 cm³/mol. The van der Waals surface area contributed by atoms with E-state index in [0.29, 0.717) is 39.6 Å². The molecule has 0 spiro atoms. The third-order valence-electron chi connectivity index (χ3n) is 2.57. The Labute approximate surface area is 128 Å². The summed E-state index contributed by atoms with van der Waals surface area (Å²) < 4.78 is 18.0. The minimum absolute atomic E-state index is 0.592. The summed E-state index contributed by atoms with van der Waals surface area (Å²) in [5.41, 5.74) is 0.927. The Balaban J connectivity index is 1.83. The number of rotatable bonds is 13. The van der Waals surface area contributed by atoms with E-state index in [0.717, 1.165) is 30.5 Å². The van der Waals surface area contributed by atoms with Crippen LogP contribution in [0.5, 0.6) is 0 Å². The third-order valence-corrected chi connectivity index (χ3v) is 3.15. The molecule has 0 N–H and O–H groups in total. The van der Waals surface area contributed by atoms with Gasteiger partial charge in [0.2, 0.25) is 0 Å². The fourth-order valence-corrected chi connectivity index (χ4v) is 1.71. The topological polar surface area (TPSA) is 58.4 Å². The Bertz CT molecular complexity index is 336. The summed E-state index contributed by atoms with van der Waals surface area (Å²) >= 11 is 3.33. The maximum atomic E-state index is 5.46. The largest absolute Gasteiger partial charge is 0.379 e. The Morgan fingerprint density at radius 2 is 1.70 bits per heavy atom. The molecule has 1 aromatic heterocycles. The van der Waals surface area contributed by atoms with E-state index in [4.69, 9.17) is 14.2 Å². The molecule has 1 aromatic rings. The maximum absolute atomic E-state index is 5.46. The van der Waals surface area contributed by atoms with Crippen LogP contribution in [-0.2, 0) is 26.1 Å². The number of nitrogens with zero attached hydrogens (tertiary/aromatic N) is 3. The number of hydrogen-bond acceptors (Lipinski definition) is 5. The molecule has 0 aliphatic carbocycles.